The van der Waals surface area contributed by atoms with Crippen molar-refractivity contribution in [3.63, 3.8) is 0 Å². The Bertz CT molecular complexity index is 586. The summed E-state index contributed by atoms with van der Waals surface area (Å²) in [6, 6.07) is 5.05. The number of anilines is 1. The third-order valence-electron chi connectivity index (χ3n) is 3.44. The number of rotatable bonds is 8. The normalized spacial score (nSPS) is 14.9. The predicted octanol–water partition coefficient (Wildman–Crippen LogP) is 1.38. The van der Waals surface area contributed by atoms with E-state index in [0.717, 1.165) is 12.8 Å². The Hall–Kier alpha value is -2.64. The minimum atomic E-state index is -1.06. The number of hydrogen-bond acceptors (Lipinski definition) is 5. The van der Waals surface area contributed by atoms with E-state index in [-0.39, 0.29) is 17.9 Å². The number of benzene rings is 1. The van der Waals surface area contributed by atoms with Gasteiger partial charge in [-0.25, -0.2) is 4.79 Å². The van der Waals surface area contributed by atoms with Crippen LogP contribution >= 0.6 is 0 Å². The van der Waals surface area contributed by atoms with Gasteiger partial charge in [-0.2, -0.15) is 0 Å². The Morgan fingerprint density at radius 1 is 1.36 bits per heavy atom. The lowest BCUT2D eigenvalue weighted by Gasteiger charge is -2.14. The second-order valence-corrected chi connectivity index (χ2v) is 5.27. The van der Waals surface area contributed by atoms with Gasteiger partial charge >= 0.3 is 5.97 Å². The summed E-state index contributed by atoms with van der Waals surface area (Å²) in [6.45, 7) is -0.223. The number of aliphatic carboxylic acids is 1. The highest BCUT2D eigenvalue weighted by atomic mass is 16.6. The van der Waals surface area contributed by atoms with Crippen molar-refractivity contribution in [1.82, 2.24) is 5.32 Å². The topological polar surface area (TPSA) is 122 Å². The first-order valence-corrected chi connectivity index (χ1v) is 6.97. The van der Waals surface area contributed by atoms with Gasteiger partial charge in [-0.05, 0) is 18.4 Å². The zero-order valence-corrected chi connectivity index (χ0v) is 11.8. The van der Waals surface area contributed by atoms with Gasteiger partial charge in [0.1, 0.15) is 11.7 Å². The molecule has 1 amide bonds. The summed E-state index contributed by atoms with van der Waals surface area (Å²) >= 11 is 0. The fraction of sp³-hybridized carbons (Fsp3) is 0.429. The Kier molecular flexibility index (Phi) is 4.92. The van der Waals surface area contributed by atoms with Crippen molar-refractivity contribution in [1.29, 1.82) is 0 Å². The van der Waals surface area contributed by atoms with Crippen LogP contribution < -0.4 is 10.6 Å². The molecule has 0 bridgehead atoms. The van der Waals surface area contributed by atoms with Gasteiger partial charge in [-0.1, -0.05) is 25.0 Å². The van der Waals surface area contributed by atoms with Gasteiger partial charge in [0.05, 0.1) is 11.5 Å². The highest BCUT2D eigenvalue weighted by Gasteiger charge is 2.30. The summed E-state index contributed by atoms with van der Waals surface area (Å²) in [4.78, 5) is 33.2. The molecule has 0 saturated heterocycles. The number of carbonyl (C=O) groups is 2. The van der Waals surface area contributed by atoms with Gasteiger partial charge < -0.3 is 15.7 Å². The number of para-hydroxylation sites is 2. The minimum absolute atomic E-state index is 0.136. The predicted molar refractivity (Wildman–Crippen MR) is 78.5 cm³/mol. The largest absolute Gasteiger partial charge is 0.480 e. The summed E-state index contributed by atoms with van der Waals surface area (Å²) in [5, 5.41) is 25.0. The summed E-state index contributed by atoms with van der Waals surface area (Å²) < 4.78 is 0. The maximum Gasteiger partial charge on any atom is 0.326 e. The first-order chi connectivity index (χ1) is 10.5. The second-order valence-electron chi connectivity index (χ2n) is 5.27. The number of nitro groups is 1. The lowest BCUT2D eigenvalue weighted by atomic mass is 10.1. The third-order valence-corrected chi connectivity index (χ3v) is 3.44. The van der Waals surface area contributed by atoms with E-state index in [2.05, 4.69) is 10.6 Å². The number of carbonyl (C=O) groups excluding carboxylic acids is 1. The van der Waals surface area contributed by atoms with Crippen LogP contribution in [0.3, 0.4) is 0 Å². The van der Waals surface area contributed by atoms with Crippen LogP contribution in [0.15, 0.2) is 24.3 Å². The fourth-order valence-electron chi connectivity index (χ4n) is 2.11. The molecule has 2 rings (SSSR count). The molecule has 3 N–H and O–H groups in total. The molecule has 0 aliphatic heterocycles. The number of amides is 1. The second kappa shape index (κ2) is 6.88. The zero-order valence-electron chi connectivity index (χ0n) is 11.8. The summed E-state index contributed by atoms with van der Waals surface area (Å²) in [5.41, 5.74) is 0.0831. The van der Waals surface area contributed by atoms with Gasteiger partial charge in [0.15, 0.2) is 0 Å². The molecule has 1 aliphatic carbocycles. The molecule has 1 aromatic carbocycles. The van der Waals surface area contributed by atoms with Crippen molar-refractivity contribution < 1.29 is 19.6 Å². The Morgan fingerprint density at radius 2 is 2.05 bits per heavy atom. The molecule has 22 heavy (non-hydrogen) atoms. The standard InChI is InChI=1S/C14H17N3O5/c18-13(16-11(14(19)20)7-9-5-6-9)8-15-10-3-1-2-4-12(10)17(21)22/h1-4,9,11,15H,5-8H2,(H,16,18)(H,19,20). The highest BCUT2D eigenvalue weighted by Crippen LogP contribution is 2.33. The zero-order chi connectivity index (χ0) is 16.1. The third kappa shape index (κ3) is 4.44. The Labute approximate surface area is 126 Å². The summed E-state index contributed by atoms with van der Waals surface area (Å²) in [6.07, 6.45) is 2.41. The van der Waals surface area contributed by atoms with Crippen molar-refractivity contribution in [2.45, 2.75) is 25.3 Å². The van der Waals surface area contributed by atoms with E-state index in [9.17, 15) is 19.7 Å². The highest BCUT2D eigenvalue weighted by molar-refractivity contribution is 5.86. The number of nitrogens with one attached hydrogen (secondary N) is 2. The van der Waals surface area contributed by atoms with Gasteiger partial charge in [0, 0.05) is 6.07 Å². The van der Waals surface area contributed by atoms with Crippen LogP contribution in [0, 0.1) is 16.0 Å². The molecule has 0 aromatic heterocycles. The van der Waals surface area contributed by atoms with E-state index in [1.807, 2.05) is 0 Å². The molecule has 0 spiro atoms. The van der Waals surface area contributed by atoms with Gasteiger partial charge in [-0.15, -0.1) is 0 Å². The molecule has 0 heterocycles. The van der Waals surface area contributed by atoms with Crippen LogP contribution in [-0.4, -0.2) is 34.5 Å². The average Bonchev–Trinajstić information content (AvgIpc) is 3.28. The van der Waals surface area contributed by atoms with Gasteiger partial charge in [0.25, 0.3) is 5.69 Å². The first-order valence-electron chi connectivity index (χ1n) is 6.97. The Morgan fingerprint density at radius 3 is 2.64 bits per heavy atom. The SMILES string of the molecule is O=C(CNc1ccccc1[N+](=O)[O-])NC(CC1CC1)C(=O)O. The number of nitrogens with zero attached hydrogens (tertiary/aromatic N) is 1. The van der Waals surface area contributed by atoms with Crippen LogP contribution in [-0.2, 0) is 9.59 Å². The van der Waals surface area contributed by atoms with Gasteiger partial charge in [0.2, 0.25) is 5.91 Å². The van der Waals surface area contributed by atoms with Crippen molar-refractivity contribution in [3.8, 4) is 0 Å². The van der Waals surface area contributed by atoms with E-state index in [0.29, 0.717) is 12.3 Å². The van der Waals surface area contributed by atoms with Gasteiger partial charge in [-0.3, -0.25) is 14.9 Å². The smallest absolute Gasteiger partial charge is 0.326 e. The quantitative estimate of drug-likeness (QED) is 0.492. The monoisotopic (exact) mass is 307 g/mol. The molecule has 1 fully saturated rings. The number of nitro benzene ring substituents is 1. The average molecular weight is 307 g/mol. The lowest BCUT2D eigenvalue weighted by Crippen LogP contribution is -2.43. The van der Waals surface area contributed by atoms with Crippen LogP contribution in [0.5, 0.6) is 0 Å². The van der Waals surface area contributed by atoms with E-state index in [1.54, 1.807) is 6.07 Å². The maximum absolute atomic E-state index is 11.8. The molecule has 0 radical (unpaired) electrons. The molecular weight excluding hydrogens is 290 g/mol. The minimum Gasteiger partial charge on any atom is -0.480 e. The van der Waals surface area contributed by atoms with Crippen LogP contribution in [0.4, 0.5) is 11.4 Å². The number of carboxylic acids is 1. The molecule has 8 heteroatoms. The number of carboxylic acid groups (broad SMARTS) is 1. The van der Waals surface area contributed by atoms with E-state index < -0.39 is 22.8 Å². The molecule has 1 aliphatic rings. The first kappa shape index (κ1) is 15.7. The van der Waals surface area contributed by atoms with Crippen molar-refractivity contribution in [2.75, 3.05) is 11.9 Å². The summed E-state index contributed by atoms with van der Waals surface area (Å²) in [5.74, 6) is -1.21. The molecule has 1 unspecified atom stereocenters. The molecule has 118 valence electrons. The van der Waals surface area contributed by atoms with Crippen LogP contribution in [0.25, 0.3) is 0 Å². The van der Waals surface area contributed by atoms with E-state index >= 15 is 0 Å². The number of hydrogen-bond donors (Lipinski definition) is 3. The van der Waals surface area contributed by atoms with Crippen molar-refractivity contribution >= 4 is 23.3 Å². The van der Waals surface area contributed by atoms with E-state index in [4.69, 9.17) is 5.11 Å². The van der Waals surface area contributed by atoms with Crippen LogP contribution in [0.2, 0.25) is 0 Å². The molecule has 8 nitrogen and oxygen atoms in total. The summed E-state index contributed by atoms with van der Waals surface area (Å²) in [7, 11) is 0. The molecule has 1 atom stereocenters. The van der Waals surface area contributed by atoms with Crippen molar-refractivity contribution in [3.05, 3.63) is 34.4 Å². The molecule has 1 saturated carbocycles. The van der Waals surface area contributed by atoms with E-state index in [1.165, 1.54) is 18.2 Å². The molecule has 1 aromatic rings. The van der Waals surface area contributed by atoms with Crippen molar-refractivity contribution in [2.24, 2.45) is 5.92 Å². The molecular formula is C14H17N3O5. The fourth-order valence-corrected chi connectivity index (χ4v) is 2.11. The maximum atomic E-state index is 11.8. The lowest BCUT2D eigenvalue weighted by molar-refractivity contribution is -0.383. The Balaban J connectivity index is 1.89. The van der Waals surface area contributed by atoms with Crippen LogP contribution in [0.1, 0.15) is 19.3 Å².